The number of aromatic nitrogens is 2. The third-order valence-corrected chi connectivity index (χ3v) is 3.82. The van der Waals surface area contributed by atoms with E-state index in [1.807, 2.05) is 11.8 Å². The van der Waals surface area contributed by atoms with E-state index in [2.05, 4.69) is 9.36 Å². The van der Waals surface area contributed by atoms with Gasteiger partial charge in [0, 0.05) is 18.1 Å². The van der Waals surface area contributed by atoms with Gasteiger partial charge < -0.3 is 10.0 Å². The molecule has 1 aromatic rings. The number of aliphatic carboxylic acids is 1. The van der Waals surface area contributed by atoms with Gasteiger partial charge in [-0.2, -0.15) is 4.37 Å². The molecule has 88 valence electrons. The van der Waals surface area contributed by atoms with E-state index < -0.39 is 11.5 Å². The van der Waals surface area contributed by atoms with E-state index in [9.17, 15) is 9.90 Å². The average molecular weight is 241 g/mol. The smallest absolute Gasteiger partial charge is 0.329 e. The monoisotopic (exact) mass is 241 g/mol. The van der Waals surface area contributed by atoms with Gasteiger partial charge in [0.05, 0.1) is 0 Å². The van der Waals surface area contributed by atoms with Gasteiger partial charge in [0.15, 0.2) is 0 Å². The van der Waals surface area contributed by atoms with Gasteiger partial charge in [0.25, 0.3) is 0 Å². The van der Waals surface area contributed by atoms with Gasteiger partial charge in [-0.15, -0.1) is 0 Å². The molecule has 0 amide bonds. The van der Waals surface area contributed by atoms with Crippen LogP contribution in [0.1, 0.15) is 32.6 Å². The van der Waals surface area contributed by atoms with Crippen LogP contribution >= 0.6 is 11.5 Å². The van der Waals surface area contributed by atoms with Crippen LogP contribution in [-0.2, 0) is 4.79 Å². The highest BCUT2D eigenvalue weighted by Gasteiger charge is 2.48. The maximum atomic E-state index is 11.5. The number of carbonyl (C=O) groups is 1. The predicted molar refractivity (Wildman–Crippen MR) is 61.8 cm³/mol. The summed E-state index contributed by atoms with van der Waals surface area (Å²) in [5.41, 5.74) is -0.756. The lowest BCUT2D eigenvalue weighted by atomic mass is 9.91. The summed E-state index contributed by atoms with van der Waals surface area (Å²) in [4.78, 5) is 17.6. The van der Waals surface area contributed by atoms with E-state index in [0.717, 1.165) is 24.5 Å². The summed E-state index contributed by atoms with van der Waals surface area (Å²) in [6.45, 7) is 2.78. The summed E-state index contributed by atoms with van der Waals surface area (Å²) < 4.78 is 3.95. The van der Waals surface area contributed by atoms with E-state index in [4.69, 9.17) is 0 Å². The highest BCUT2D eigenvalue weighted by molar-refractivity contribution is 7.09. The lowest BCUT2D eigenvalue weighted by Gasteiger charge is -2.34. The molecule has 2 rings (SSSR count). The second-order valence-electron chi connectivity index (χ2n) is 4.07. The molecule has 0 saturated carbocycles. The van der Waals surface area contributed by atoms with Crippen molar-refractivity contribution in [1.82, 2.24) is 9.36 Å². The highest BCUT2D eigenvalue weighted by atomic mass is 32.1. The van der Waals surface area contributed by atoms with Crippen LogP contribution in [0, 0.1) is 0 Å². The Morgan fingerprint density at radius 3 is 3.12 bits per heavy atom. The molecule has 5 nitrogen and oxygen atoms in total. The lowest BCUT2D eigenvalue weighted by molar-refractivity contribution is -0.143. The normalized spacial score (nSPS) is 24.9. The highest BCUT2D eigenvalue weighted by Crippen LogP contribution is 2.38. The molecule has 0 radical (unpaired) electrons. The Bertz CT molecular complexity index is 368. The van der Waals surface area contributed by atoms with Gasteiger partial charge in [-0.1, -0.05) is 13.3 Å². The minimum Gasteiger partial charge on any atom is -0.479 e. The number of hydrogen-bond acceptors (Lipinski definition) is 5. The van der Waals surface area contributed by atoms with Crippen molar-refractivity contribution in [2.45, 2.75) is 38.1 Å². The number of hydrogen-bond donors (Lipinski definition) is 1. The maximum absolute atomic E-state index is 11.5. The molecule has 1 aliphatic heterocycles. The molecule has 0 aromatic carbocycles. The Hall–Kier alpha value is -1.17. The fraction of sp³-hybridized carbons (Fsp3) is 0.700. The van der Waals surface area contributed by atoms with Crippen molar-refractivity contribution in [2.75, 3.05) is 11.4 Å². The molecular weight excluding hydrogens is 226 g/mol. The fourth-order valence-electron chi connectivity index (χ4n) is 2.45. The standard InChI is InChI=1S/C10H15N3O2S/c1-2-4-10(8(14)15)5-3-6-13(10)9-11-7-12-16-9/h7H,2-6H2,1H3,(H,14,15). The number of nitrogens with zero attached hydrogens (tertiary/aromatic N) is 3. The van der Waals surface area contributed by atoms with E-state index in [0.29, 0.717) is 12.8 Å². The second kappa shape index (κ2) is 4.37. The van der Waals surface area contributed by atoms with Crippen molar-refractivity contribution in [1.29, 1.82) is 0 Å². The molecule has 2 heterocycles. The minimum atomic E-state index is -0.756. The van der Waals surface area contributed by atoms with Crippen LogP contribution in [0.15, 0.2) is 6.33 Å². The van der Waals surface area contributed by atoms with Crippen LogP contribution in [0.25, 0.3) is 0 Å². The molecule has 0 aliphatic carbocycles. The van der Waals surface area contributed by atoms with E-state index >= 15 is 0 Å². The Labute approximate surface area is 98.3 Å². The first-order valence-corrected chi connectivity index (χ1v) is 6.26. The van der Waals surface area contributed by atoms with Gasteiger partial charge in [-0.3, -0.25) is 0 Å². The second-order valence-corrected chi connectivity index (χ2v) is 4.82. The zero-order valence-electron chi connectivity index (χ0n) is 9.22. The van der Waals surface area contributed by atoms with Crippen LogP contribution in [-0.4, -0.2) is 32.5 Å². The topological polar surface area (TPSA) is 66.3 Å². The Kier molecular flexibility index (Phi) is 3.09. The van der Waals surface area contributed by atoms with Crippen LogP contribution in [0.2, 0.25) is 0 Å². The van der Waals surface area contributed by atoms with Crippen LogP contribution in [0.3, 0.4) is 0 Å². The molecule has 1 saturated heterocycles. The van der Waals surface area contributed by atoms with Gasteiger partial charge in [0.2, 0.25) is 5.13 Å². The number of carboxylic acid groups (broad SMARTS) is 1. The van der Waals surface area contributed by atoms with Crippen LogP contribution in [0.4, 0.5) is 5.13 Å². The molecule has 1 aliphatic rings. The van der Waals surface area contributed by atoms with E-state index in [1.54, 1.807) is 0 Å². The van der Waals surface area contributed by atoms with Crippen molar-refractivity contribution in [3.63, 3.8) is 0 Å². The first-order valence-electron chi connectivity index (χ1n) is 5.48. The SMILES string of the molecule is CCCC1(C(=O)O)CCCN1c1ncns1. The Morgan fingerprint density at radius 1 is 1.75 bits per heavy atom. The maximum Gasteiger partial charge on any atom is 0.329 e. The molecule has 0 bridgehead atoms. The Balaban J connectivity index is 2.33. The Morgan fingerprint density at radius 2 is 2.56 bits per heavy atom. The quantitative estimate of drug-likeness (QED) is 0.870. The van der Waals surface area contributed by atoms with Gasteiger partial charge >= 0.3 is 5.97 Å². The number of carboxylic acids is 1. The first-order chi connectivity index (χ1) is 7.70. The summed E-state index contributed by atoms with van der Waals surface area (Å²) in [5, 5.41) is 10.2. The molecule has 1 atom stereocenters. The van der Waals surface area contributed by atoms with Gasteiger partial charge in [0.1, 0.15) is 11.9 Å². The molecule has 1 unspecified atom stereocenters. The summed E-state index contributed by atoms with van der Waals surface area (Å²) in [7, 11) is 0. The summed E-state index contributed by atoms with van der Waals surface area (Å²) in [5.74, 6) is -0.734. The minimum absolute atomic E-state index is 0.669. The van der Waals surface area contributed by atoms with Crippen molar-refractivity contribution >= 4 is 22.6 Å². The summed E-state index contributed by atoms with van der Waals surface area (Å²) >= 11 is 1.27. The summed E-state index contributed by atoms with van der Waals surface area (Å²) in [6.07, 6.45) is 4.63. The summed E-state index contributed by atoms with van der Waals surface area (Å²) in [6, 6.07) is 0. The van der Waals surface area contributed by atoms with Crippen molar-refractivity contribution < 1.29 is 9.90 Å². The zero-order chi connectivity index (χ0) is 11.6. The molecule has 1 aromatic heterocycles. The molecule has 16 heavy (non-hydrogen) atoms. The number of anilines is 1. The third kappa shape index (κ3) is 1.67. The predicted octanol–water partition coefficient (Wildman–Crippen LogP) is 1.76. The molecular formula is C10H15N3O2S. The third-order valence-electron chi connectivity index (χ3n) is 3.13. The van der Waals surface area contributed by atoms with E-state index in [1.165, 1.54) is 17.9 Å². The van der Waals surface area contributed by atoms with Gasteiger partial charge in [-0.05, 0) is 19.3 Å². The zero-order valence-corrected chi connectivity index (χ0v) is 10.0. The van der Waals surface area contributed by atoms with Crippen molar-refractivity contribution in [2.24, 2.45) is 0 Å². The van der Waals surface area contributed by atoms with Crippen molar-refractivity contribution in [3.8, 4) is 0 Å². The molecule has 0 spiro atoms. The lowest BCUT2D eigenvalue weighted by Crippen LogP contribution is -2.50. The number of rotatable bonds is 4. The van der Waals surface area contributed by atoms with Gasteiger partial charge in [-0.25, -0.2) is 9.78 Å². The van der Waals surface area contributed by atoms with E-state index in [-0.39, 0.29) is 0 Å². The molecule has 6 heteroatoms. The van der Waals surface area contributed by atoms with Crippen LogP contribution < -0.4 is 4.90 Å². The fourth-order valence-corrected chi connectivity index (χ4v) is 3.09. The molecule has 1 N–H and O–H groups in total. The molecule has 1 fully saturated rings. The first kappa shape index (κ1) is 11.3. The van der Waals surface area contributed by atoms with Crippen LogP contribution in [0.5, 0.6) is 0 Å². The largest absolute Gasteiger partial charge is 0.479 e. The van der Waals surface area contributed by atoms with Crippen molar-refractivity contribution in [3.05, 3.63) is 6.33 Å². The average Bonchev–Trinajstić information content (AvgIpc) is 2.85.